The highest BCUT2D eigenvalue weighted by atomic mass is 16.6. The molecule has 8 nitrogen and oxygen atoms in total. The van der Waals surface area contributed by atoms with Crippen molar-refractivity contribution < 1.29 is 28.9 Å². The average Bonchev–Trinajstić information content (AvgIpc) is 3.25. The predicted octanol–water partition coefficient (Wildman–Crippen LogP) is 5.05. The Hall–Kier alpha value is -5.11. The van der Waals surface area contributed by atoms with Gasteiger partial charge in [-0.25, -0.2) is 0 Å². The Morgan fingerprint density at radius 2 is 1.65 bits per heavy atom. The number of carbonyl (C=O) groups is 2. The van der Waals surface area contributed by atoms with Gasteiger partial charge in [-0.15, -0.1) is 0 Å². The summed E-state index contributed by atoms with van der Waals surface area (Å²) in [6, 6.07) is 24.7. The van der Waals surface area contributed by atoms with Crippen LogP contribution in [0, 0.1) is 0 Å². The summed E-state index contributed by atoms with van der Waals surface area (Å²) in [6.45, 7) is 1.33. The van der Waals surface area contributed by atoms with Gasteiger partial charge in [-0.1, -0.05) is 42.5 Å². The molecule has 0 bridgehead atoms. The van der Waals surface area contributed by atoms with Crippen molar-refractivity contribution in [3.05, 3.63) is 125 Å². The second-order valence-electron chi connectivity index (χ2n) is 9.49. The van der Waals surface area contributed by atoms with Crippen LogP contribution in [0.15, 0.2) is 103 Å². The molecule has 0 aliphatic carbocycles. The van der Waals surface area contributed by atoms with Gasteiger partial charge >= 0.3 is 0 Å². The minimum Gasteiger partial charge on any atom is -0.507 e. The molecule has 0 unspecified atom stereocenters. The molecule has 1 N–H and O–H groups in total. The summed E-state index contributed by atoms with van der Waals surface area (Å²) < 4.78 is 17.3. The highest BCUT2D eigenvalue weighted by molar-refractivity contribution is 6.46. The van der Waals surface area contributed by atoms with Crippen molar-refractivity contribution in [1.82, 2.24) is 9.88 Å². The topological polar surface area (TPSA) is 98.2 Å². The Kier molecular flexibility index (Phi) is 6.89. The van der Waals surface area contributed by atoms with E-state index in [1.165, 1.54) is 4.90 Å². The van der Waals surface area contributed by atoms with Crippen molar-refractivity contribution in [3.8, 4) is 17.2 Å². The van der Waals surface area contributed by atoms with E-state index in [9.17, 15) is 14.7 Å². The van der Waals surface area contributed by atoms with E-state index in [1.54, 1.807) is 48.8 Å². The lowest BCUT2D eigenvalue weighted by molar-refractivity contribution is -0.140. The van der Waals surface area contributed by atoms with Gasteiger partial charge in [-0.2, -0.15) is 0 Å². The summed E-state index contributed by atoms with van der Waals surface area (Å²) in [4.78, 5) is 32.4. The largest absolute Gasteiger partial charge is 0.507 e. The zero-order chi connectivity index (χ0) is 27.5. The fourth-order valence-electron chi connectivity index (χ4n) is 4.94. The average molecular weight is 535 g/mol. The van der Waals surface area contributed by atoms with Crippen LogP contribution in [0.2, 0.25) is 0 Å². The van der Waals surface area contributed by atoms with Crippen LogP contribution in [-0.2, 0) is 22.7 Å². The number of aromatic nitrogens is 1. The minimum absolute atomic E-state index is 0.00376. The van der Waals surface area contributed by atoms with Gasteiger partial charge in [0.2, 0.25) is 0 Å². The van der Waals surface area contributed by atoms with Crippen molar-refractivity contribution in [2.45, 2.75) is 19.2 Å². The molecule has 1 amide bonds. The van der Waals surface area contributed by atoms with Crippen LogP contribution >= 0.6 is 0 Å². The zero-order valence-electron chi connectivity index (χ0n) is 21.5. The molecule has 2 aliphatic rings. The molecule has 2 aliphatic heterocycles. The quantitative estimate of drug-likeness (QED) is 0.201. The van der Waals surface area contributed by atoms with Gasteiger partial charge in [-0.05, 0) is 59.2 Å². The molecule has 0 radical (unpaired) electrons. The summed E-state index contributed by atoms with van der Waals surface area (Å²) in [5, 5.41) is 11.5. The number of carbonyl (C=O) groups excluding carboxylic acids is 2. The number of pyridine rings is 1. The molecule has 0 spiro atoms. The van der Waals surface area contributed by atoms with E-state index in [1.807, 2.05) is 48.5 Å². The number of hydrogen-bond donors (Lipinski definition) is 1. The molecule has 1 fully saturated rings. The number of Topliss-reactive ketones (excluding diaryl/α,β-unsaturated/α-hetero) is 1. The van der Waals surface area contributed by atoms with Gasteiger partial charge < -0.3 is 24.2 Å². The molecule has 1 aromatic heterocycles. The standard InChI is InChI=1S/C32H26N2O6/c35-30(24-9-10-26-27(18-24)39-16-15-38-26)28-29(34(32(37)31(28)36)19-21-11-13-33-14-12-21)23-7-4-8-25(17-23)40-20-22-5-2-1-3-6-22/h1-14,17-18,29,35H,15-16,19-20H2/b30-28+/t29-/m1/s1. The number of nitrogens with zero attached hydrogens (tertiary/aromatic N) is 2. The number of ketones is 1. The van der Waals surface area contributed by atoms with E-state index < -0.39 is 17.7 Å². The lowest BCUT2D eigenvalue weighted by Gasteiger charge is -2.26. The molecule has 40 heavy (non-hydrogen) atoms. The smallest absolute Gasteiger partial charge is 0.295 e. The van der Waals surface area contributed by atoms with Crippen molar-refractivity contribution in [3.63, 3.8) is 0 Å². The van der Waals surface area contributed by atoms with Gasteiger partial charge in [0.15, 0.2) is 11.5 Å². The van der Waals surface area contributed by atoms with Crippen LogP contribution in [0.3, 0.4) is 0 Å². The van der Waals surface area contributed by atoms with Gasteiger partial charge in [0, 0.05) is 24.5 Å². The summed E-state index contributed by atoms with van der Waals surface area (Å²) >= 11 is 0. The van der Waals surface area contributed by atoms with Crippen LogP contribution in [-0.4, -0.2) is 39.9 Å². The first-order chi connectivity index (χ1) is 19.6. The Morgan fingerprint density at radius 3 is 2.45 bits per heavy atom. The Morgan fingerprint density at radius 1 is 0.875 bits per heavy atom. The minimum atomic E-state index is -0.846. The number of aliphatic hydroxyl groups excluding tert-OH is 1. The first-order valence-corrected chi connectivity index (χ1v) is 12.9. The van der Waals surface area contributed by atoms with Crippen molar-refractivity contribution in [2.24, 2.45) is 0 Å². The fraction of sp³-hybridized carbons (Fsp3) is 0.156. The molecular weight excluding hydrogens is 508 g/mol. The van der Waals surface area contributed by atoms with E-state index in [0.717, 1.165) is 11.1 Å². The second-order valence-corrected chi connectivity index (χ2v) is 9.49. The summed E-state index contributed by atoms with van der Waals surface area (Å²) in [5.74, 6) is -0.142. The Labute approximate surface area is 231 Å². The molecule has 3 heterocycles. The maximum atomic E-state index is 13.5. The molecule has 6 rings (SSSR count). The second kappa shape index (κ2) is 10.9. The van der Waals surface area contributed by atoms with Crippen LogP contribution in [0.25, 0.3) is 5.76 Å². The predicted molar refractivity (Wildman–Crippen MR) is 147 cm³/mol. The maximum Gasteiger partial charge on any atom is 0.295 e. The highest BCUT2D eigenvalue weighted by Crippen LogP contribution is 2.42. The van der Waals surface area contributed by atoms with Gasteiger partial charge in [0.25, 0.3) is 11.7 Å². The SMILES string of the molecule is O=C1C(=O)N(Cc2ccncc2)[C@H](c2cccc(OCc3ccccc3)c2)/C1=C(\O)c1ccc2c(c1)OCCO2. The summed E-state index contributed by atoms with van der Waals surface area (Å²) in [7, 11) is 0. The molecule has 8 heteroatoms. The number of amides is 1. The van der Waals surface area contributed by atoms with Crippen LogP contribution in [0.1, 0.15) is 28.3 Å². The molecule has 200 valence electrons. The van der Waals surface area contributed by atoms with Crippen LogP contribution in [0.4, 0.5) is 0 Å². The maximum absolute atomic E-state index is 13.5. The number of aliphatic hydroxyl groups is 1. The first-order valence-electron chi connectivity index (χ1n) is 12.9. The number of ether oxygens (including phenoxy) is 3. The van der Waals surface area contributed by atoms with Crippen molar-refractivity contribution >= 4 is 17.4 Å². The number of benzene rings is 3. The molecule has 4 aromatic rings. The van der Waals surface area contributed by atoms with E-state index in [4.69, 9.17) is 14.2 Å². The molecule has 3 aromatic carbocycles. The van der Waals surface area contributed by atoms with Gasteiger partial charge in [0.05, 0.1) is 11.6 Å². The number of rotatable bonds is 7. The van der Waals surface area contributed by atoms with E-state index in [0.29, 0.717) is 48.2 Å². The molecule has 1 saturated heterocycles. The van der Waals surface area contributed by atoms with E-state index in [-0.39, 0.29) is 17.9 Å². The lowest BCUT2D eigenvalue weighted by atomic mass is 9.95. The molecular formula is C32H26N2O6. The number of hydrogen-bond acceptors (Lipinski definition) is 7. The summed E-state index contributed by atoms with van der Waals surface area (Å²) in [6.07, 6.45) is 3.27. The summed E-state index contributed by atoms with van der Waals surface area (Å²) in [5.41, 5.74) is 2.80. The third-order valence-corrected chi connectivity index (χ3v) is 6.88. The van der Waals surface area contributed by atoms with Gasteiger partial charge in [0.1, 0.15) is 31.3 Å². The highest BCUT2D eigenvalue weighted by Gasteiger charge is 2.46. The molecule has 1 atom stereocenters. The fourth-order valence-corrected chi connectivity index (χ4v) is 4.94. The third kappa shape index (κ3) is 4.99. The first kappa shape index (κ1) is 25.2. The van der Waals surface area contributed by atoms with Crippen LogP contribution < -0.4 is 14.2 Å². The monoisotopic (exact) mass is 534 g/mol. The van der Waals surface area contributed by atoms with E-state index in [2.05, 4.69) is 4.98 Å². The number of likely N-dealkylation sites (tertiary alicyclic amines) is 1. The van der Waals surface area contributed by atoms with Crippen molar-refractivity contribution in [1.29, 1.82) is 0 Å². The third-order valence-electron chi connectivity index (χ3n) is 6.88. The molecule has 0 saturated carbocycles. The van der Waals surface area contributed by atoms with Gasteiger partial charge in [-0.3, -0.25) is 14.6 Å². The Balaban J connectivity index is 1.41. The zero-order valence-corrected chi connectivity index (χ0v) is 21.5. The van der Waals surface area contributed by atoms with Crippen molar-refractivity contribution in [2.75, 3.05) is 13.2 Å². The lowest BCUT2D eigenvalue weighted by Crippen LogP contribution is -2.29. The van der Waals surface area contributed by atoms with Crippen LogP contribution in [0.5, 0.6) is 17.2 Å². The normalized spacial score (nSPS) is 17.6. The number of fused-ring (bicyclic) bond motifs is 1. The van der Waals surface area contributed by atoms with E-state index >= 15 is 0 Å². The Bertz CT molecular complexity index is 1590.